The van der Waals surface area contributed by atoms with Crippen LogP contribution in [0.4, 0.5) is 0 Å². The zero-order valence-corrected chi connectivity index (χ0v) is 13.9. The van der Waals surface area contributed by atoms with Crippen LogP contribution in [0, 0.1) is 11.8 Å². The Morgan fingerprint density at radius 3 is 2.15 bits per heavy atom. The summed E-state index contributed by atoms with van der Waals surface area (Å²) in [6, 6.07) is 0.799. The van der Waals surface area contributed by atoms with E-state index in [4.69, 9.17) is 0 Å². The molecule has 20 heavy (non-hydrogen) atoms. The molecule has 1 aliphatic heterocycles. The topological polar surface area (TPSA) is 18.5 Å². The second kappa shape index (κ2) is 8.35. The molecule has 0 unspecified atom stereocenters. The van der Waals surface area contributed by atoms with E-state index in [1.807, 2.05) is 0 Å². The van der Waals surface area contributed by atoms with Gasteiger partial charge < -0.3 is 10.2 Å². The van der Waals surface area contributed by atoms with Crippen molar-refractivity contribution in [2.45, 2.75) is 52.5 Å². The SMILES string of the molecule is CC(C)CN1CCN(CCNC2CCC(C)CC2)CC1. The molecule has 1 saturated carbocycles. The van der Waals surface area contributed by atoms with Crippen molar-refractivity contribution in [3.8, 4) is 0 Å². The molecule has 0 radical (unpaired) electrons. The highest BCUT2D eigenvalue weighted by Crippen LogP contribution is 2.23. The van der Waals surface area contributed by atoms with Gasteiger partial charge in [0.15, 0.2) is 0 Å². The molecule has 3 heteroatoms. The molecule has 0 aromatic heterocycles. The van der Waals surface area contributed by atoms with Gasteiger partial charge in [0.05, 0.1) is 0 Å². The molecule has 1 N–H and O–H groups in total. The van der Waals surface area contributed by atoms with Crippen molar-refractivity contribution < 1.29 is 0 Å². The zero-order chi connectivity index (χ0) is 14.4. The summed E-state index contributed by atoms with van der Waals surface area (Å²) in [4.78, 5) is 5.26. The van der Waals surface area contributed by atoms with Gasteiger partial charge in [0.25, 0.3) is 0 Å². The monoisotopic (exact) mass is 281 g/mol. The molecule has 0 bridgehead atoms. The molecule has 2 fully saturated rings. The Morgan fingerprint density at radius 1 is 0.950 bits per heavy atom. The van der Waals surface area contributed by atoms with Gasteiger partial charge in [0, 0.05) is 51.9 Å². The average molecular weight is 281 g/mol. The summed E-state index contributed by atoms with van der Waals surface area (Å²) in [5, 5.41) is 3.78. The van der Waals surface area contributed by atoms with E-state index < -0.39 is 0 Å². The highest BCUT2D eigenvalue weighted by molar-refractivity contribution is 4.77. The molecule has 2 rings (SSSR count). The highest BCUT2D eigenvalue weighted by Gasteiger charge is 2.19. The van der Waals surface area contributed by atoms with Crippen molar-refractivity contribution in [3.05, 3.63) is 0 Å². The molecule has 1 aliphatic carbocycles. The number of piperazine rings is 1. The van der Waals surface area contributed by atoms with Crippen LogP contribution in [-0.2, 0) is 0 Å². The van der Waals surface area contributed by atoms with Gasteiger partial charge >= 0.3 is 0 Å². The van der Waals surface area contributed by atoms with Crippen LogP contribution in [0.1, 0.15) is 46.5 Å². The van der Waals surface area contributed by atoms with E-state index in [1.165, 1.54) is 71.5 Å². The highest BCUT2D eigenvalue weighted by atomic mass is 15.3. The van der Waals surface area contributed by atoms with Crippen molar-refractivity contribution in [1.29, 1.82) is 0 Å². The van der Waals surface area contributed by atoms with Gasteiger partial charge in [-0.25, -0.2) is 0 Å². The Hall–Kier alpha value is -0.120. The maximum absolute atomic E-state index is 3.78. The molecule has 118 valence electrons. The molecule has 3 nitrogen and oxygen atoms in total. The predicted octanol–water partition coefficient (Wildman–Crippen LogP) is 2.43. The second-order valence-electron chi connectivity index (χ2n) is 7.45. The summed E-state index contributed by atoms with van der Waals surface area (Å²) in [6.45, 7) is 15.8. The fraction of sp³-hybridized carbons (Fsp3) is 1.00. The Kier molecular flexibility index (Phi) is 6.79. The van der Waals surface area contributed by atoms with Gasteiger partial charge in [-0.1, -0.05) is 20.8 Å². The van der Waals surface area contributed by atoms with Crippen molar-refractivity contribution in [2.24, 2.45) is 11.8 Å². The molecular weight excluding hydrogens is 246 g/mol. The van der Waals surface area contributed by atoms with E-state index in [2.05, 4.69) is 35.9 Å². The summed E-state index contributed by atoms with van der Waals surface area (Å²) < 4.78 is 0. The van der Waals surface area contributed by atoms with E-state index >= 15 is 0 Å². The van der Waals surface area contributed by atoms with E-state index in [0.29, 0.717) is 0 Å². The van der Waals surface area contributed by atoms with Crippen LogP contribution in [0.3, 0.4) is 0 Å². The van der Waals surface area contributed by atoms with Crippen LogP contribution in [0.5, 0.6) is 0 Å². The number of hydrogen-bond donors (Lipinski definition) is 1. The minimum absolute atomic E-state index is 0.799. The van der Waals surface area contributed by atoms with Crippen molar-refractivity contribution in [3.63, 3.8) is 0 Å². The van der Waals surface area contributed by atoms with Crippen molar-refractivity contribution in [1.82, 2.24) is 15.1 Å². The third-order valence-corrected chi connectivity index (χ3v) is 4.97. The molecule has 2 aliphatic rings. The number of hydrogen-bond acceptors (Lipinski definition) is 3. The lowest BCUT2D eigenvalue weighted by Crippen LogP contribution is -2.49. The van der Waals surface area contributed by atoms with E-state index in [1.54, 1.807) is 0 Å². The maximum atomic E-state index is 3.78. The van der Waals surface area contributed by atoms with Crippen LogP contribution in [0.2, 0.25) is 0 Å². The van der Waals surface area contributed by atoms with Crippen molar-refractivity contribution in [2.75, 3.05) is 45.8 Å². The summed E-state index contributed by atoms with van der Waals surface area (Å²) in [5.74, 6) is 1.76. The quantitative estimate of drug-likeness (QED) is 0.807. The third kappa shape index (κ3) is 5.71. The first kappa shape index (κ1) is 16.3. The molecule has 0 atom stereocenters. The standard InChI is InChI=1S/C17H35N3/c1-15(2)14-20-12-10-19(11-13-20)9-8-18-17-6-4-16(3)5-7-17/h15-18H,4-14H2,1-3H3. The van der Waals surface area contributed by atoms with Crippen LogP contribution in [-0.4, -0.2) is 61.7 Å². The lowest BCUT2D eigenvalue weighted by atomic mass is 9.87. The normalized spacial score (nSPS) is 30.0. The largest absolute Gasteiger partial charge is 0.313 e. The average Bonchev–Trinajstić information content (AvgIpc) is 2.42. The van der Waals surface area contributed by atoms with Crippen LogP contribution < -0.4 is 5.32 Å². The lowest BCUT2D eigenvalue weighted by Gasteiger charge is -2.36. The van der Waals surface area contributed by atoms with Crippen molar-refractivity contribution >= 4 is 0 Å². The van der Waals surface area contributed by atoms with Crippen LogP contribution in [0.25, 0.3) is 0 Å². The first-order chi connectivity index (χ1) is 9.63. The number of nitrogens with zero attached hydrogens (tertiary/aromatic N) is 2. The second-order valence-corrected chi connectivity index (χ2v) is 7.45. The summed E-state index contributed by atoms with van der Waals surface area (Å²) in [5.41, 5.74) is 0. The summed E-state index contributed by atoms with van der Waals surface area (Å²) in [7, 11) is 0. The minimum atomic E-state index is 0.799. The van der Waals surface area contributed by atoms with E-state index in [9.17, 15) is 0 Å². The first-order valence-electron chi connectivity index (χ1n) is 8.81. The number of nitrogens with one attached hydrogen (secondary N) is 1. The Balaban J connectivity index is 1.53. The fourth-order valence-electron chi connectivity index (χ4n) is 3.60. The Labute approximate surface area is 126 Å². The van der Waals surface area contributed by atoms with Gasteiger partial charge in [-0.2, -0.15) is 0 Å². The molecule has 1 saturated heterocycles. The van der Waals surface area contributed by atoms with E-state index in [0.717, 1.165) is 17.9 Å². The molecule has 0 amide bonds. The minimum Gasteiger partial charge on any atom is -0.313 e. The lowest BCUT2D eigenvalue weighted by molar-refractivity contribution is 0.121. The van der Waals surface area contributed by atoms with Gasteiger partial charge in [-0.05, 0) is 37.5 Å². The molecule has 0 aromatic rings. The summed E-state index contributed by atoms with van der Waals surface area (Å²) in [6.07, 6.45) is 5.63. The number of rotatable bonds is 6. The zero-order valence-electron chi connectivity index (χ0n) is 13.9. The van der Waals surface area contributed by atoms with E-state index in [-0.39, 0.29) is 0 Å². The molecule has 0 aromatic carbocycles. The molecular formula is C17H35N3. The van der Waals surface area contributed by atoms with Crippen LogP contribution in [0.15, 0.2) is 0 Å². The first-order valence-corrected chi connectivity index (χ1v) is 8.81. The Morgan fingerprint density at radius 2 is 1.55 bits per heavy atom. The van der Waals surface area contributed by atoms with Gasteiger partial charge in [-0.3, -0.25) is 4.90 Å². The molecule has 0 spiro atoms. The fourth-order valence-corrected chi connectivity index (χ4v) is 3.60. The van der Waals surface area contributed by atoms with Crippen LogP contribution >= 0.6 is 0 Å². The van der Waals surface area contributed by atoms with Gasteiger partial charge in [0.1, 0.15) is 0 Å². The third-order valence-electron chi connectivity index (χ3n) is 4.97. The Bertz CT molecular complexity index is 251. The smallest absolute Gasteiger partial charge is 0.0110 e. The van der Waals surface area contributed by atoms with Gasteiger partial charge in [0.2, 0.25) is 0 Å². The predicted molar refractivity (Wildman–Crippen MR) is 87.1 cm³/mol. The van der Waals surface area contributed by atoms with Gasteiger partial charge in [-0.15, -0.1) is 0 Å². The maximum Gasteiger partial charge on any atom is 0.0110 e. The summed E-state index contributed by atoms with van der Waals surface area (Å²) >= 11 is 0. The molecule has 1 heterocycles.